The molecule has 1 aromatic rings. The molecule has 13 heavy (non-hydrogen) atoms. The van der Waals surface area contributed by atoms with Crippen molar-refractivity contribution < 1.29 is 9.47 Å². The van der Waals surface area contributed by atoms with E-state index in [9.17, 15) is 0 Å². The summed E-state index contributed by atoms with van der Waals surface area (Å²) in [4.78, 5) is 4.02. The molecule has 1 unspecified atom stereocenters. The SMILES string of the molecule is c1csc(OCC2CNCCO2)n1. The zero-order valence-electron chi connectivity index (χ0n) is 7.23. The van der Waals surface area contributed by atoms with E-state index in [1.165, 1.54) is 11.3 Å². The maximum absolute atomic E-state index is 5.47. The Kier molecular flexibility index (Phi) is 3.12. The van der Waals surface area contributed by atoms with Crippen LogP contribution in [0.5, 0.6) is 5.19 Å². The summed E-state index contributed by atoms with van der Waals surface area (Å²) < 4.78 is 10.9. The highest BCUT2D eigenvalue weighted by molar-refractivity contribution is 7.11. The zero-order valence-corrected chi connectivity index (χ0v) is 8.05. The van der Waals surface area contributed by atoms with Crippen LogP contribution >= 0.6 is 11.3 Å². The van der Waals surface area contributed by atoms with Gasteiger partial charge in [-0.15, -0.1) is 0 Å². The second-order valence-corrected chi connectivity index (χ2v) is 3.66. The molecule has 2 rings (SSSR count). The van der Waals surface area contributed by atoms with E-state index in [1.54, 1.807) is 6.20 Å². The standard InChI is InChI=1S/C8H12N2O2S/c1-3-11-7(5-9-1)6-12-8-10-2-4-13-8/h2,4,7,9H,1,3,5-6H2. The molecule has 1 fully saturated rings. The lowest BCUT2D eigenvalue weighted by Crippen LogP contribution is -2.41. The number of aromatic nitrogens is 1. The number of nitrogens with one attached hydrogen (secondary N) is 1. The normalized spacial score (nSPS) is 22.9. The Morgan fingerprint density at radius 1 is 1.77 bits per heavy atom. The van der Waals surface area contributed by atoms with Crippen LogP contribution in [0.2, 0.25) is 0 Å². The Labute approximate surface area is 80.9 Å². The first-order valence-electron chi connectivity index (χ1n) is 4.30. The number of ether oxygens (including phenoxy) is 2. The number of morpholine rings is 1. The number of thiazole rings is 1. The first-order valence-corrected chi connectivity index (χ1v) is 5.18. The Morgan fingerprint density at radius 3 is 3.46 bits per heavy atom. The fraction of sp³-hybridized carbons (Fsp3) is 0.625. The Hall–Kier alpha value is -0.650. The second kappa shape index (κ2) is 4.55. The van der Waals surface area contributed by atoms with Crippen molar-refractivity contribution in [2.24, 2.45) is 0 Å². The summed E-state index contributed by atoms with van der Waals surface area (Å²) in [6.45, 7) is 3.16. The van der Waals surface area contributed by atoms with E-state index in [2.05, 4.69) is 10.3 Å². The summed E-state index contributed by atoms with van der Waals surface area (Å²) in [6.07, 6.45) is 1.90. The summed E-state index contributed by atoms with van der Waals surface area (Å²) in [6, 6.07) is 0. The number of rotatable bonds is 3. The lowest BCUT2D eigenvalue weighted by atomic mass is 10.3. The monoisotopic (exact) mass is 200 g/mol. The Morgan fingerprint density at radius 2 is 2.77 bits per heavy atom. The van der Waals surface area contributed by atoms with Crippen molar-refractivity contribution in [1.29, 1.82) is 0 Å². The van der Waals surface area contributed by atoms with Gasteiger partial charge in [-0.05, 0) is 0 Å². The highest BCUT2D eigenvalue weighted by Crippen LogP contribution is 2.13. The second-order valence-electron chi connectivity index (χ2n) is 2.81. The molecule has 0 amide bonds. The molecule has 1 saturated heterocycles. The van der Waals surface area contributed by atoms with Gasteiger partial charge in [0.15, 0.2) is 0 Å². The molecule has 0 aliphatic carbocycles. The average molecular weight is 200 g/mol. The topological polar surface area (TPSA) is 43.4 Å². The smallest absolute Gasteiger partial charge is 0.273 e. The molecule has 0 saturated carbocycles. The summed E-state index contributed by atoms with van der Waals surface area (Å²) in [7, 11) is 0. The molecule has 5 heteroatoms. The molecular formula is C8H12N2O2S. The third-order valence-electron chi connectivity index (χ3n) is 1.81. The van der Waals surface area contributed by atoms with Gasteiger partial charge in [-0.25, -0.2) is 4.98 Å². The van der Waals surface area contributed by atoms with Gasteiger partial charge in [0.2, 0.25) is 0 Å². The maximum atomic E-state index is 5.47. The van der Waals surface area contributed by atoms with Crippen molar-refractivity contribution in [3.8, 4) is 5.19 Å². The molecule has 1 atom stereocenters. The van der Waals surface area contributed by atoms with Gasteiger partial charge in [0.05, 0.1) is 6.61 Å². The van der Waals surface area contributed by atoms with Crippen molar-refractivity contribution in [2.45, 2.75) is 6.10 Å². The molecule has 2 heterocycles. The molecule has 0 aromatic carbocycles. The van der Waals surface area contributed by atoms with Crippen LogP contribution in [0, 0.1) is 0 Å². The average Bonchev–Trinajstić information content (AvgIpc) is 2.69. The maximum Gasteiger partial charge on any atom is 0.273 e. The van der Waals surface area contributed by atoms with Crippen LogP contribution in [0.4, 0.5) is 0 Å². The van der Waals surface area contributed by atoms with Gasteiger partial charge in [0.1, 0.15) is 12.7 Å². The van der Waals surface area contributed by atoms with E-state index in [0.29, 0.717) is 11.8 Å². The lowest BCUT2D eigenvalue weighted by molar-refractivity contribution is 0.000154. The third-order valence-corrected chi connectivity index (χ3v) is 2.49. The summed E-state index contributed by atoms with van der Waals surface area (Å²) in [5, 5.41) is 5.86. The van der Waals surface area contributed by atoms with Crippen LogP contribution in [0.25, 0.3) is 0 Å². The van der Waals surface area contributed by atoms with Gasteiger partial charge in [0.25, 0.3) is 5.19 Å². The Balaban J connectivity index is 1.72. The van der Waals surface area contributed by atoms with Gasteiger partial charge in [-0.3, -0.25) is 0 Å². The van der Waals surface area contributed by atoms with Crippen LogP contribution < -0.4 is 10.1 Å². The van der Waals surface area contributed by atoms with Crippen molar-refractivity contribution >= 4 is 11.3 Å². The summed E-state index contributed by atoms with van der Waals surface area (Å²) >= 11 is 1.50. The van der Waals surface area contributed by atoms with Crippen LogP contribution in [0.3, 0.4) is 0 Å². The van der Waals surface area contributed by atoms with Gasteiger partial charge >= 0.3 is 0 Å². The fourth-order valence-electron chi connectivity index (χ4n) is 1.17. The highest BCUT2D eigenvalue weighted by atomic mass is 32.1. The molecule has 0 spiro atoms. The summed E-state index contributed by atoms with van der Waals surface area (Å²) in [5.74, 6) is 0. The molecule has 1 N–H and O–H groups in total. The third kappa shape index (κ3) is 2.65. The lowest BCUT2D eigenvalue weighted by Gasteiger charge is -2.22. The summed E-state index contributed by atoms with van der Waals surface area (Å²) in [5.41, 5.74) is 0. The van der Waals surface area contributed by atoms with E-state index < -0.39 is 0 Å². The van der Waals surface area contributed by atoms with E-state index in [4.69, 9.17) is 9.47 Å². The van der Waals surface area contributed by atoms with Crippen LogP contribution in [0.1, 0.15) is 0 Å². The van der Waals surface area contributed by atoms with Crippen LogP contribution in [-0.2, 0) is 4.74 Å². The van der Waals surface area contributed by atoms with Gasteiger partial charge in [-0.1, -0.05) is 11.3 Å². The van der Waals surface area contributed by atoms with E-state index in [1.807, 2.05) is 5.38 Å². The van der Waals surface area contributed by atoms with Crippen LogP contribution in [-0.4, -0.2) is 37.4 Å². The quantitative estimate of drug-likeness (QED) is 0.772. The largest absolute Gasteiger partial charge is 0.467 e. The fourth-order valence-corrected chi connectivity index (χ4v) is 1.67. The van der Waals surface area contributed by atoms with Gasteiger partial charge in [-0.2, -0.15) is 0 Å². The van der Waals surface area contributed by atoms with E-state index >= 15 is 0 Å². The van der Waals surface area contributed by atoms with E-state index in [0.717, 1.165) is 19.7 Å². The first-order chi connectivity index (χ1) is 6.45. The Bertz CT molecular complexity index is 234. The number of hydrogen-bond donors (Lipinski definition) is 1. The minimum absolute atomic E-state index is 0.164. The molecule has 0 radical (unpaired) electrons. The highest BCUT2D eigenvalue weighted by Gasteiger charge is 2.14. The predicted molar refractivity (Wildman–Crippen MR) is 50.2 cm³/mol. The molecule has 4 nitrogen and oxygen atoms in total. The number of hydrogen-bond acceptors (Lipinski definition) is 5. The van der Waals surface area contributed by atoms with Crippen molar-refractivity contribution in [3.63, 3.8) is 0 Å². The van der Waals surface area contributed by atoms with Gasteiger partial charge < -0.3 is 14.8 Å². The van der Waals surface area contributed by atoms with Gasteiger partial charge in [0, 0.05) is 24.7 Å². The molecule has 0 bridgehead atoms. The molecular weight excluding hydrogens is 188 g/mol. The number of nitrogens with zero attached hydrogens (tertiary/aromatic N) is 1. The molecule has 1 aliphatic heterocycles. The molecule has 72 valence electrons. The van der Waals surface area contributed by atoms with Crippen molar-refractivity contribution in [3.05, 3.63) is 11.6 Å². The van der Waals surface area contributed by atoms with E-state index in [-0.39, 0.29) is 6.10 Å². The van der Waals surface area contributed by atoms with Crippen molar-refractivity contribution in [2.75, 3.05) is 26.3 Å². The zero-order chi connectivity index (χ0) is 8.93. The van der Waals surface area contributed by atoms with Crippen molar-refractivity contribution in [1.82, 2.24) is 10.3 Å². The minimum atomic E-state index is 0.164. The predicted octanol–water partition coefficient (Wildman–Crippen LogP) is 0.510. The molecule has 1 aliphatic rings. The van der Waals surface area contributed by atoms with Crippen LogP contribution in [0.15, 0.2) is 11.6 Å². The minimum Gasteiger partial charge on any atom is -0.467 e. The first kappa shape index (κ1) is 8.93. The molecule has 1 aromatic heterocycles.